The van der Waals surface area contributed by atoms with Crippen molar-refractivity contribution in [2.24, 2.45) is 0 Å². The number of benzene rings is 3. The summed E-state index contributed by atoms with van der Waals surface area (Å²) < 4.78 is 10.8. The second-order valence-electron chi connectivity index (χ2n) is 7.67. The molecule has 0 radical (unpaired) electrons. The maximum Gasteiger partial charge on any atom is 0.337 e. The Labute approximate surface area is 185 Å². The van der Waals surface area contributed by atoms with Gasteiger partial charge in [0.25, 0.3) is 0 Å². The molecule has 0 aliphatic heterocycles. The fraction of sp³-hybridized carbons (Fsp3) is 0.111. The summed E-state index contributed by atoms with van der Waals surface area (Å²) in [6.07, 6.45) is 2.74. The normalized spacial score (nSPS) is 11.0. The van der Waals surface area contributed by atoms with E-state index in [9.17, 15) is 4.79 Å². The zero-order valence-corrected chi connectivity index (χ0v) is 17.7. The second kappa shape index (κ2) is 8.55. The molecule has 0 atom stereocenters. The van der Waals surface area contributed by atoms with Gasteiger partial charge in [-0.1, -0.05) is 42.5 Å². The van der Waals surface area contributed by atoms with Crippen LogP contribution in [0.3, 0.4) is 0 Å². The third-order valence-electron chi connectivity index (χ3n) is 5.52. The Morgan fingerprint density at radius 1 is 0.969 bits per heavy atom. The summed E-state index contributed by atoms with van der Waals surface area (Å²) in [5, 5.41) is 2.21. The van der Waals surface area contributed by atoms with Gasteiger partial charge < -0.3 is 14.5 Å². The highest BCUT2D eigenvalue weighted by molar-refractivity contribution is 5.95. The van der Waals surface area contributed by atoms with E-state index in [0.717, 1.165) is 50.8 Å². The van der Waals surface area contributed by atoms with Gasteiger partial charge >= 0.3 is 5.97 Å². The van der Waals surface area contributed by atoms with E-state index in [-0.39, 0.29) is 5.97 Å². The molecule has 0 spiro atoms. The number of nitrogens with zero attached hydrogens (tertiary/aromatic N) is 1. The van der Waals surface area contributed by atoms with Crippen LogP contribution in [0.25, 0.3) is 21.8 Å². The Hall–Kier alpha value is -4.12. The van der Waals surface area contributed by atoms with Gasteiger partial charge in [0.15, 0.2) is 0 Å². The average molecular weight is 422 g/mol. The Morgan fingerprint density at radius 3 is 2.78 bits per heavy atom. The highest BCUT2D eigenvalue weighted by atomic mass is 16.5. The van der Waals surface area contributed by atoms with E-state index in [0.29, 0.717) is 12.2 Å². The minimum Gasteiger partial charge on any atom is -0.487 e. The third kappa shape index (κ3) is 4.05. The van der Waals surface area contributed by atoms with Crippen LogP contribution in [0.1, 0.15) is 27.2 Å². The quantitative estimate of drug-likeness (QED) is 0.358. The van der Waals surface area contributed by atoms with Gasteiger partial charge in [0.1, 0.15) is 12.4 Å². The molecule has 158 valence electrons. The maximum absolute atomic E-state index is 11.8. The van der Waals surface area contributed by atoms with Crippen molar-refractivity contribution in [2.75, 3.05) is 7.11 Å². The van der Waals surface area contributed by atoms with Crippen molar-refractivity contribution >= 4 is 27.8 Å². The first-order valence-corrected chi connectivity index (χ1v) is 10.4. The number of para-hydroxylation sites is 1. The molecule has 32 heavy (non-hydrogen) atoms. The van der Waals surface area contributed by atoms with Gasteiger partial charge in [-0.25, -0.2) is 9.78 Å². The van der Waals surface area contributed by atoms with Gasteiger partial charge in [-0.15, -0.1) is 0 Å². The minimum atomic E-state index is -0.339. The molecule has 5 heteroatoms. The molecule has 2 aromatic heterocycles. The molecule has 0 bridgehead atoms. The summed E-state index contributed by atoms with van der Waals surface area (Å²) in [4.78, 5) is 19.7. The number of carbonyl (C=O) groups excluding carboxylic acids is 1. The topological polar surface area (TPSA) is 64.2 Å². The number of nitrogens with one attached hydrogen (secondary N) is 1. The zero-order chi connectivity index (χ0) is 21.9. The molecule has 1 N–H and O–H groups in total. The van der Waals surface area contributed by atoms with Gasteiger partial charge in [-0.2, -0.15) is 0 Å². The van der Waals surface area contributed by atoms with E-state index < -0.39 is 0 Å². The molecule has 0 amide bonds. The van der Waals surface area contributed by atoms with Crippen LogP contribution < -0.4 is 4.74 Å². The molecule has 0 unspecified atom stereocenters. The van der Waals surface area contributed by atoms with Gasteiger partial charge in [0.05, 0.1) is 23.9 Å². The van der Waals surface area contributed by atoms with Crippen molar-refractivity contribution < 1.29 is 14.3 Å². The highest BCUT2D eigenvalue weighted by Gasteiger charge is 2.10. The lowest BCUT2D eigenvalue weighted by Gasteiger charge is -2.09. The molecule has 5 aromatic rings. The number of methoxy groups -OCH3 is 1. The lowest BCUT2D eigenvalue weighted by atomic mass is 10.0. The first-order chi connectivity index (χ1) is 15.7. The van der Waals surface area contributed by atoms with Gasteiger partial charge in [0.2, 0.25) is 0 Å². The summed E-state index contributed by atoms with van der Waals surface area (Å²) in [5.41, 5.74) is 5.62. The molecule has 0 fully saturated rings. The van der Waals surface area contributed by atoms with Crippen LogP contribution in [0, 0.1) is 0 Å². The van der Waals surface area contributed by atoms with Crippen LogP contribution in [0.5, 0.6) is 5.75 Å². The Morgan fingerprint density at radius 2 is 1.88 bits per heavy atom. The lowest BCUT2D eigenvalue weighted by molar-refractivity contribution is 0.0601. The number of rotatable bonds is 6. The smallest absolute Gasteiger partial charge is 0.337 e. The fourth-order valence-corrected chi connectivity index (χ4v) is 3.89. The molecule has 5 nitrogen and oxygen atoms in total. The summed E-state index contributed by atoms with van der Waals surface area (Å²) in [5.74, 6) is 0.471. The number of aromatic nitrogens is 2. The van der Waals surface area contributed by atoms with Crippen molar-refractivity contribution in [2.45, 2.75) is 13.0 Å². The van der Waals surface area contributed by atoms with E-state index >= 15 is 0 Å². The van der Waals surface area contributed by atoms with Crippen LogP contribution in [-0.2, 0) is 17.8 Å². The number of pyridine rings is 1. The van der Waals surface area contributed by atoms with Crippen LogP contribution in [0.15, 0.2) is 85.1 Å². The Bertz CT molecular complexity index is 1420. The second-order valence-corrected chi connectivity index (χ2v) is 7.67. The largest absolute Gasteiger partial charge is 0.487 e. The summed E-state index contributed by atoms with van der Waals surface area (Å²) in [7, 11) is 1.39. The lowest BCUT2D eigenvalue weighted by Crippen LogP contribution is -2.00. The van der Waals surface area contributed by atoms with Crippen molar-refractivity contribution in [3.63, 3.8) is 0 Å². The number of carbonyl (C=O) groups is 1. The SMILES string of the molecule is COC(=O)c1ccc2c(Cc3cccc(OCc4ccc5ccccc5n4)c3)c[nH]c2c1. The van der Waals surface area contributed by atoms with E-state index in [1.807, 2.05) is 54.7 Å². The first kappa shape index (κ1) is 19.8. The fourth-order valence-electron chi connectivity index (χ4n) is 3.89. The average Bonchev–Trinajstić information content (AvgIpc) is 3.24. The number of hydrogen-bond donors (Lipinski definition) is 1. The third-order valence-corrected chi connectivity index (χ3v) is 5.52. The summed E-state index contributed by atoms with van der Waals surface area (Å²) in [6, 6.07) is 25.8. The van der Waals surface area contributed by atoms with Crippen molar-refractivity contribution in [3.8, 4) is 5.75 Å². The Balaban J connectivity index is 1.31. The molecule has 0 aliphatic carbocycles. The Kier molecular flexibility index (Phi) is 5.30. The molecule has 0 saturated carbocycles. The van der Waals surface area contributed by atoms with Crippen molar-refractivity contribution in [3.05, 3.63) is 107 Å². The molecular formula is C27H22N2O3. The van der Waals surface area contributed by atoms with Gasteiger partial charge in [-0.05, 0) is 53.9 Å². The highest BCUT2D eigenvalue weighted by Crippen LogP contribution is 2.24. The predicted octanol–water partition coefficient (Wildman–Crippen LogP) is 5.67. The maximum atomic E-state index is 11.8. The van der Waals surface area contributed by atoms with Crippen molar-refractivity contribution in [1.82, 2.24) is 9.97 Å². The van der Waals surface area contributed by atoms with Crippen LogP contribution in [0.4, 0.5) is 0 Å². The molecular weight excluding hydrogens is 400 g/mol. The number of aromatic amines is 1. The van der Waals surface area contributed by atoms with Crippen LogP contribution in [0.2, 0.25) is 0 Å². The standard InChI is InChI=1S/C27H22N2O3/c1-31-27(30)20-10-12-24-21(16-28-26(24)15-20)13-18-5-4-7-23(14-18)32-17-22-11-9-19-6-2-3-8-25(19)29-22/h2-12,14-16,28H,13,17H2,1H3. The predicted molar refractivity (Wildman–Crippen MR) is 125 cm³/mol. The number of esters is 1. The number of hydrogen-bond acceptors (Lipinski definition) is 4. The molecule has 0 aliphatic rings. The van der Waals surface area contributed by atoms with Gasteiger partial charge in [0, 0.05) is 22.5 Å². The van der Waals surface area contributed by atoms with E-state index in [1.54, 1.807) is 6.07 Å². The number of fused-ring (bicyclic) bond motifs is 2. The summed E-state index contributed by atoms with van der Waals surface area (Å²) in [6.45, 7) is 0.414. The molecule has 0 saturated heterocycles. The molecule has 5 rings (SSSR count). The van der Waals surface area contributed by atoms with Gasteiger partial charge in [-0.3, -0.25) is 0 Å². The van der Waals surface area contributed by atoms with E-state index in [2.05, 4.69) is 34.2 Å². The van der Waals surface area contributed by atoms with Crippen LogP contribution in [-0.4, -0.2) is 23.0 Å². The number of H-pyrrole nitrogens is 1. The monoisotopic (exact) mass is 422 g/mol. The van der Waals surface area contributed by atoms with Crippen LogP contribution >= 0.6 is 0 Å². The minimum absolute atomic E-state index is 0.339. The summed E-state index contributed by atoms with van der Waals surface area (Å²) >= 11 is 0. The van der Waals surface area contributed by atoms with E-state index in [4.69, 9.17) is 9.47 Å². The molecule has 3 aromatic carbocycles. The van der Waals surface area contributed by atoms with Crippen molar-refractivity contribution in [1.29, 1.82) is 0 Å². The zero-order valence-electron chi connectivity index (χ0n) is 17.7. The number of ether oxygens (including phenoxy) is 2. The first-order valence-electron chi connectivity index (χ1n) is 10.4. The van der Waals surface area contributed by atoms with E-state index in [1.165, 1.54) is 7.11 Å². The molecule has 2 heterocycles.